The van der Waals surface area contributed by atoms with E-state index in [2.05, 4.69) is 11.3 Å². The summed E-state index contributed by atoms with van der Waals surface area (Å²) in [5, 5.41) is 10.2. The van der Waals surface area contributed by atoms with Crippen LogP contribution in [-0.4, -0.2) is 36.2 Å². The molecule has 2 N–H and O–H groups in total. The molecule has 1 atom stereocenters. The van der Waals surface area contributed by atoms with Gasteiger partial charge < -0.3 is 15.2 Å². The molecule has 0 spiro atoms. The van der Waals surface area contributed by atoms with Gasteiger partial charge in [0.25, 0.3) is 6.43 Å². The van der Waals surface area contributed by atoms with Crippen LogP contribution in [0.3, 0.4) is 0 Å². The van der Waals surface area contributed by atoms with E-state index in [1.54, 1.807) is 0 Å². The largest absolute Gasteiger partial charge is 0.481 e. The Kier molecular flexibility index (Phi) is 6.82. The van der Waals surface area contributed by atoms with Crippen LogP contribution in [0.1, 0.15) is 12.8 Å². The summed E-state index contributed by atoms with van der Waals surface area (Å²) in [5.41, 5.74) is 0. The minimum Gasteiger partial charge on any atom is -0.481 e. The van der Waals surface area contributed by atoms with Gasteiger partial charge in [-0.05, 0) is 6.42 Å². The van der Waals surface area contributed by atoms with Gasteiger partial charge in [-0.25, -0.2) is 13.6 Å². The maximum Gasteiger partial charge on any atom is 0.407 e. The van der Waals surface area contributed by atoms with Crippen molar-refractivity contribution >= 4 is 12.1 Å². The second-order valence-corrected chi connectivity index (χ2v) is 2.90. The third-order valence-corrected chi connectivity index (χ3v) is 1.61. The molecule has 0 aromatic rings. The number of carbonyl (C=O) groups excluding carboxylic acids is 1. The summed E-state index contributed by atoms with van der Waals surface area (Å²) in [6.45, 7) is 3.18. The van der Waals surface area contributed by atoms with E-state index >= 15 is 0 Å². The highest BCUT2D eigenvalue weighted by Crippen LogP contribution is 2.08. The van der Waals surface area contributed by atoms with E-state index < -0.39 is 31.0 Å². The Balaban J connectivity index is 4.06. The summed E-state index contributed by atoms with van der Waals surface area (Å²) in [7, 11) is 0. The van der Waals surface area contributed by atoms with Crippen LogP contribution < -0.4 is 5.32 Å². The van der Waals surface area contributed by atoms with Crippen LogP contribution in [0.15, 0.2) is 12.7 Å². The van der Waals surface area contributed by atoms with Crippen molar-refractivity contribution in [3.05, 3.63) is 12.7 Å². The number of alkyl carbamates (subject to hydrolysis) is 1. The molecule has 0 aliphatic carbocycles. The van der Waals surface area contributed by atoms with Crippen LogP contribution in [0, 0.1) is 0 Å². The molecule has 16 heavy (non-hydrogen) atoms. The van der Waals surface area contributed by atoms with Crippen molar-refractivity contribution in [2.24, 2.45) is 0 Å². The number of rotatable bonds is 7. The highest BCUT2D eigenvalue weighted by Gasteiger charge is 2.23. The van der Waals surface area contributed by atoms with Crippen molar-refractivity contribution in [2.45, 2.75) is 25.3 Å². The topological polar surface area (TPSA) is 75.6 Å². The number of aliphatic carboxylic acids is 1. The molecule has 0 saturated carbocycles. The molecule has 0 saturated heterocycles. The number of amides is 1. The third-order valence-electron chi connectivity index (χ3n) is 1.61. The van der Waals surface area contributed by atoms with Crippen molar-refractivity contribution < 1.29 is 28.2 Å². The number of ether oxygens (including phenoxy) is 1. The van der Waals surface area contributed by atoms with Gasteiger partial charge in [0.05, 0.1) is 6.04 Å². The molecular formula is C9H13F2NO4. The van der Waals surface area contributed by atoms with Crippen LogP contribution >= 0.6 is 0 Å². The lowest BCUT2D eigenvalue weighted by molar-refractivity contribution is -0.137. The zero-order chi connectivity index (χ0) is 12.6. The minimum atomic E-state index is -2.84. The number of alkyl halides is 2. The molecule has 0 aromatic heterocycles. The van der Waals surface area contributed by atoms with E-state index in [0.29, 0.717) is 0 Å². The number of carbonyl (C=O) groups is 2. The molecule has 0 bridgehead atoms. The fourth-order valence-corrected chi connectivity index (χ4v) is 0.868. The zero-order valence-corrected chi connectivity index (χ0v) is 8.49. The van der Waals surface area contributed by atoms with Crippen LogP contribution in [0.2, 0.25) is 0 Å². The fraction of sp³-hybridized carbons (Fsp3) is 0.556. The zero-order valence-electron chi connectivity index (χ0n) is 8.49. The van der Waals surface area contributed by atoms with Crippen molar-refractivity contribution in [1.82, 2.24) is 5.32 Å². The Morgan fingerprint density at radius 1 is 1.50 bits per heavy atom. The average molecular weight is 237 g/mol. The summed E-state index contributed by atoms with van der Waals surface area (Å²) >= 11 is 0. The average Bonchev–Trinajstić information content (AvgIpc) is 2.20. The van der Waals surface area contributed by atoms with Crippen molar-refractivity contribution in [3.8, 4) is 0 Å². The molecule has 0 fully saturated rings. The van der Waals surface area contributed by atoms with Gasteiger partial charge in [0.2, 0.25) is 0 Å². The number of hydrogen-bond donors (Lipinski definition) is 2. The summed E-state index contributed by atoms with van der Waals surface area (Å²) in [6.07, 6.45) is -3.37. The standard InChI is InChI=1S/C9H13F2NO4/c1-2-5-16-9(15)12-6(8(10)11)3-4-7(13)14/h2,6,8H,1,3-5H2,(H,12,15)(H,13,14). The maximum absolute atomic E-state index is 12.3. The number of hydrogen-bond acceptors (Lipinski definition) is 3. The molecule has 1 unspecified atom stereocenters. The first-order valence-electron chi connectivity index (χ1n) is 4.51. The number of carboxylic acid groups (broad SMARTS) is 1. The van der Waals surface area contributed by atoms with E-state index in [0.717, 1.165) is 0 Å². The predicted octanol–water partition coefficient (Wildman–Crippen LogP) is 1.40. The van der Waals surface area contributed by atoms with E-state index in [-0.39, 0.29) is 13.0 Å². The number of nitrogens with one attached hydrogen (secondary N) is 1. The normalized spacial score (nSPS) is 11.9. The van der Waals surface area contributed by atoms with Gasteiger partial charge in [0, 0.05) is 6.42 Å². The highest BCUT2D eigenvalue weighted by atomic mass is 19.3. The first-order valence-corrected chi connectivity index (χ1v) is 4.51. The predicted molar refractivity (Wildman–Crippen MR) is 51.3 cm³/mol. The van der Waals surface area contributed by atoms with Gasteiger partial charge in [0.1, 0.15) is 6.61 Å². The van der Waals surface area contributed by atoms with Gasteiger partial charge in [-0.15, -0.1) is 0 Å². The summed E-state index contributed by atoms with van der Waals surface area (Å²) in [6, 6.07) is -1.52. The van der Waals surface area contributed by atoms with Crippen LogP contribution in [0.4, 0.5) is 13.6 Å². The summed E-state index contributed by atoms with van der Waals surface area (Å²) < 4.78 is 29.1. The van der Waals surface area contributed by atoms with Crippen LogP contribution in [0.25, 0.3) is 0 Å². The van der Waals surface area contributed by atoms with Gasteiger partial charge in [0.15, 0.2) is 0 Å². The molecule has 0 aromatic carbocycles. The summed E-state index contributed by atoms with van der Waals surface area (Å²) in [4.78, 5) is 21.1. The molecule has 0 aliphatic heterocycles. The van der Waals surface area contributed by atoms with Gasteiger partial charge in [-0.3, -0.25) is 4.79 Å². The third kappa shape index (κ3) is 6.74. The molecule has 0 heterocycles. The van der Waals surface area contributed by atoms with E-state index in [4.69, 9.17) is 5.11 Å². The Hall–Kier alpha value is -1.66. The molecule has 92 valence electrons. The second-order valence-electron chi connectivity index (χ2n) is 2.90. The summed E-state index contributed by atoms with van der Waals surface area (Å²) in [5.74, 6) is -1.20. The molecule has 5 nitrogen and oxygen atoms in total. The highest BCUT2D eigenvalue weighted by molar-refractivity contribution is 5.68. The van der Waals surface area contributed by atoms with Gasteiger partial charge >= 0.3 is 12.1 Å². The van der Waals surface area contributed by atoms with Gasteiger partial charge in [-0.1, -0.05) is 12.7 Å². The smallest absolute Gasteiger partial charge is 0.407 e. The lowest BCUT2D eigenvalue weighted by atomic mass is 10.1. The first-order chi connectivity index (χ1) is 7.47. The molecule has 0 rings (SSSR count). The molecule has 7 heteroatoms. The van der Waals surface area contributed by atoms with Crippen LogP contribution in [-0.2, 0) is 9.53 Å². The SMILES string of the molecule is C=CCOC(=O)NC(CCC(=O)O)C(F)F. The Morgan fingerprint density at radius 3 is 2.56 bits per heavy atom. The lowest BCUT2D eigenvalue weighted by Gasteiger charge is -2.16. The molecule has 0 radical (unpaired) electrons. The number of carboxylic acids is 1. The van der Waals surface area contributed by atoms with E-state index in [9.17, 15) is 18.4 Å². The fourth-order valence-electron chi connectivity index (χ4n) is 0.868. The van der Waals surface area contributed by atoms with E-state index in [1.165, 1.54) is 6.08 Å². The molecular weight excluding hydrogens is 224 g/mol. The van der Waals surface area contributed by atoms with Crippen molar-refractivity contribution in [3.63, 3.8) is 0 Å². The minimum absolute atomic E-state index is 0.0965. The second kappa shape index (κ2) is 7.61. The van der Waals surface area contributed by atoms with E-state index in [1.807, 2.05) is 5.32 Å². The number of halogens is 2. The quantitative estimate of drug-likeness (QED) is 0.656. The molecule has 1 amide bonds. The maximum atomic E-state index is 12.3. The van der Waals surface area contributed by atoms with Crippen molar-refractivity contribution in [1.29, 1.82) is 0 Å². The molecule has 0 aliphatic rings. The van der Waals surface area contributed by atoms with Gasteiger partial charge in [-0.2, -0.15) is 0 Å². The first kappa shape index (κ1) is 14.3. The lowest BCUT2D eigenvalue weighted by Crippen LogP contribution is -2.40. The van der Waals surface area contributed by atoms with Crippen molar-refractivity contribution in [2.75, 3.05) is 6.61 Å². The monoisotopic (exact) mass is 237 g/mol. The Morgan fingerprint density at radius 2 is 2.12 bits per heavy atom. The van der Waals surface area contributed by atoms with Crippen LogP contribution in [0.5, 0.6) is 0 Å². The Labute approximate surface area is 91.1 Å². The Bertz CT molecular complexity index is 258.